The molecule has 0 saturated carbocycles. The lowest BCUT2D eigenvalue weighted by molar-refractivity contribution is 0.199. The number of fused-ring (bicyclic) bond motifs is 1. The molecular formula is C16H24N2O. The molecule has 2 rings (SSSR count). The third kappa shape index (κ3) is 4.08. The van der Waals surface area contributed by atoms with Crippen LogP contribution in [0.15, 0.2) is 30.5 Å². The van der Waals surface area contributed by atoms with E-state index in [1.54, 1.807) is 7.11 Å². The SMILES string of the molecule is COCCNCCCCn1ccc2cc(C)ccc21. The highest BCUT2D eigenvalue weighted by Gasteiger charge is 2.00. The maximum absolute atomic E-state index is 5.00. The van der Waals surface area contributed by atoms with Crippen molar-refractivity contribution in [2.24, 2.45) is 0 Å². The Morgan fingerprint density at radius 1 is 1.16 bits per heavy atom. The molecule has 3 heteroatoms. The first-order chi connectivity index (χ1) is 9.31. The minimum atomic E-state index is 0.793. The van der Waals surface area contributed by atoms with Crippen LogP contribution in [0.2, 0.25) is 0 Å². The summed E-state index contributed by atoms with van der Waals surface area (Å²) in [5.74, 6) is 0. The van der Waals surface area contributed by atoms with Gasteiger partial charge in [0.25, 0.3) is 0 Å². The van der Waals surface area contributed by atoms with E-state index in [1.165, 1.54) is 29.3 Å². The van der Waals surface area contributed by atoms with Gasteiger partial charge >= 0.3 is 0 Å². The fraction of sp³-hybridized carbons (Fsp3) is 0.500. The van der Waals surface area contributed by atoms with Crippen molar-refractivity contribution < 1.29 is 4.74 Å². The lowest BCUT2D eigenvalue weighted by Gasteiger charge is -2.07. The Hall–Kier alpha value is -1.32. The zero-order valence-corrected chi connectivity index (χ0v) is 12.0. The summed E-state index contributed by atoms with van der Waals surface area (Å²) >= 11 is 0. The van der Waals surface area contributed by atoms with Crippen molar-refractivity contribution in [2.45, 2.75) is 26.3 Å². The second-order valence-corrected chi connectivity index (χ2v) is 5.02. The highest BCUT2D eigenvalue weighted by Crippen LogP contribution is 2.17. The molecule has 2 aromatic rings. The number of nitrogens with zero attached hydrogens (tertiary/aromatic N) is 1. The predicted molar refractivity (Wildman–Crippen MR) is 80.7 cm³/mol. The van der Waals surface area contributed by atoms with Crippen LogP contribution in [0, 0.1) is 6.92 Å². The van der Waals surface area contributed by atoms with Crippen molar-refractivity contribution in [1.82, 2.24) is 9.88 Å². The van der Waals surface area contributed by atoms with Crippen LogP contribution >= 0.6 is 0 Å². The molecule has 0 unspecified atom stereocenters. The Morgan fingerprint density at radius 3 is 2.89 bits per heavy atom. The maximum atomic E-state index is 5.00. The van der Waals surface area contributed by atoms with Crippen molar-refractivity contribution in [3.05, 3.63) is 36.0 Å². The summed E-state index contributed by atoms with van der Waals surface area (Å²) < 4.78 is 7.35. The van der Waals surface area contributed by atoms with Crippen molar-refractivity contribution in [1.29, 1.82) is 0 Å². The smallest absolute Gasteiger partial charge is 0.0587 e. The lowest BCUT2D eigenvalue weighted by atomic mass is 10.2. The summed E-state index contributed by atoms with van der Waals surface area (Å²) in [6.07, 6.45) is 4.61. The van der Waals surface area contributed by atoms with Crippen molar-refractivity contribution >= 4 is 10.9 Å². The number of methoxy groups -OCH3 is 1. The number of hydrogen-bond acceptors (Lipinski definition) is 2. The van der Waals surface area contributed by atoms with Gasteiger partial charge in [0.1, 0.15) is 0 Å². The van der Waals surface area contributed by atoms with E-state index in [0.29, 0.717) is 0 Å². The fourth-order valence-corrected chi connectivity index (χ4v) is 2.35. The molecule has 0 spiro atoms. The van der Waals surface area contributed by atoms with Gasteiger partial charge in [-0.25, -0.2) is 0 Å². The summed E-state index contributed by atoms with van der Waals surface area (Å²) in [4.78, 5) is 0. The molecule has 0 radical (unpaired) electrons. The van der Waals surface area contributed by atoms with Crippen LogP contribution in [0.5, 0.6) is 0 Å². The molecule has 0 aliphatic carbocycles. The molecule has 0 atom stereocenters. The first-order valence-electron chi connectivity index (χ1n) is 7.06. The van der Waals surface area contributed by atoms with Gasteiger partial charge in [-0.05, 0) is 49.9 Å². The predicted octanol–water partition coefficient (Wildman–Crippen LogP) is 2.97. The van der Waals surface area contributed by atoms with Gasteiger partial charge in [-0.3, -0.25) is 0 Å². The van der Waals surface area contributed by atoms with Gasteiger partial charge in [0.2, 0.25) is 0 Å². The fourth-order valence-electron chi connectivity index (χ4n) is 2.35. The summed E-state index contributed by atoms with van der Waals surface area (Å²) in [5, 5.41) is 4.72. The van der Waals surface area contributed by atoms with Crippen molar-refractivity contribution in [3.63, 3.8) is 0 Å². The van der Waals surface area contributed by atoms with Gasteiger partial charge in [-0.2, -0.15) is 0 Å². The molecule has 0 amide bonds. The van der Waals surface area contributed by atoms with Gasteiger partial charge in [0, 0.05) is 31.9 Å². The maximum Gasteiger partial charge on any atom is 0.0587 e. The van der Waals surface area contributed by atoms with Gasteiger partial charge in [-0.15, -0.1) is 0 Å². The largest absolute Gasteiger partial charge is 0.383 e. The summed E-state index contributed by atoms with van der Waals surface area (Å²) in [7, 11) is 1.74. The number of aromatic nitrogens is 1. The van der Waals surface area contributed by atoms with Crippen LogP contribution in [0.4, 0.5) is 0 Å². The first-order valence-corrected chi connectivity index (χ1v) is 7.06. The zero-order valence-electron chi connectivity index (χ0n) is 12.0. The number of rotatable bonds is 8. The van der Waals surface area contributed by atoms with Crippen LogP contribution in [0.1, 0.15) is 18.4 Å². The number of aryl methyl sites for hydroxylation is 2. The molecule has 0 aliphatic rings. The molecule has 0 saturated heterocycles. The van der Waals surface area contributed by atoms with Crippen molar-refractivity contribution in [3.8, 4) is 0 Å². The first kappa shape index (κ1) is 14.1. The Bertz CT molecular complexity index is 504. The number of nitrogens with one attached hydrogen (secondary N) is 1. The van der Waals surface area contributed by atoms with Gasteiger partial charge < -0.3 is 14.6 Å². The van der Waals surface area contributed by atoms with Crippen LogP contribution < -0.4 is 5.32 Å². The third-order valence-electron chi connectivity index (χ3n) is 3.41. The molecule has 19 heavy (non-hydrogen) atoms. The molecular weight excluding hydrogens is 236 g/mol. The number of benzene rings is 1. The second kappa shape index (κ2) is 7.31. The summed E-state index contributed by atoms with van der Waals surface area (Å²) in [6.45, 7) is 6.05. The van der Waals surface area contributed by atoms with E-state index < -0.39 is 0 Å². The van der Waals surface area contributed by atoms with E-state index in [-0.39, 0.29) is 0 Å². The molecule has 1 aromatic carbocycles. The van der Waals surface area contributed by atoms with Crippen LogP contribution in [0.25, 0.3) is 10.9 Å². The molecule has 1 N–H and O–H groups in total. The van der Waals surface area contributed by atoms with Crippen LogP contribution in [-0.2, 0) is 11.3 Å². The molecule has 1 heterocycles. The minimum Gasteiger partial charge on any atom is -0.383 e. The molecule has 1 aromatic heterocycles. The highest BCUT2D eigenvalue weighted by atomic mass is 16.5. The lowest BCUT2D eigenvalue weighted by Crippen LogP contribution is -2.20. The summed E-state index contributed by atoms with van der Waals surface area (Å²) in [5.41, 5.74) is 2.67. The average molecular weight is 260 g/mol. The summed E-state index contributed by atoms with van der Waals surface area (Å²) in [6, 6.07) is 8.87. The minimum absolute atomic E-state index is 0.793. The van der Waals surface area contributed by atoms with Crippen molar-refractivity contribution in [2.75, 3.05) is 26.8 Å². The average Bonchev–Trinajstić information content (AvgIpc) is 2.80. The number of hydrogen-bond donors (Lipinski definition) is 1. The molecule has 3 nitrogen and oxygen atoms in total. The van der Waals surface area contributed by atoms with E-state index in [1.807, 2.05) is 0 Å². The number of unbranched alkanes of at least 4 members (excludes halogenated alkanes) is 1. The number of ether oxygens (including phenoxy) is 1. The molecule has 0 bridgehead atoms. The Labute approximate surface area is 115 Å². The second-order valence-electron chi connectivity index (χ2n) is 5.02. The van der Waals surface area contributed by atoms with E-state index in [0.717, 1.165) is 26.2 Å². The monoisotopic (exact) mass is 260 g/mol. The Kier molecular flexibility index (Phi) is 5.43. The van der Waals surface area contributed by atoms with E-state index in [4.69, 9.17) is 4.74 Å². The van der Waals surface area contributed by atoms with E-state index >= 15 is 0 Å². The van der Waals surface area contributed by atoms with Gasteiger partial charge in [0.05, 0.1) is 6.61 Å². The topological polar surface area (TPSA) is 26.2 Å². The molecule has 0 aliphatic heterocycles. The van der Waals surface area contributed by atoms with Crippen LogP contribution in [0.3, 0.4) is 0 Å². The van der Waals surface area contributed by atoms with Gasteiger partial charge in [0.15, 0.2) is 0 Å². The van der Waals surface area contributed by atoms with E-state index in [9.17, 15) is 0 Å². The van der Waals surface area contributed by atoms with E-state index in [2.05, 4.69) is 47.3 Å². The zero-order chi connectivity index (χ0) is 13.5. The third-order valence-corrected chi connectivity index (χ3v) is 3.41. The molecule has 104 valence electrons. The standard InChI is InChI=1S/C16H24N2O/c1-14-5-6-16-15(13-14)7-11-18(16)10-4-3-8-17-9-12-19-2/h5-7,11,13,17H,3-4,8-10,12H2,1-2H3. The van der Waals surface area contributed by atoms with Gasteiger partial charge in [-0.1, -0.05) is 11.6 Å². The molecule has 0 fully saturated rings. The quantitative estimate of drug-likeness (QED) is 0.739. The highest BCUT2D eigenvalue weighted by molar-refractivity contribution is 5.80. The Balaban J connectivity index is 1.76. The Morgan fingerprint density at radius 2 is 2.05 bits per heavy atom. The van der Waals surface area contributed by atoms with Crippen LogP contribution in [-0.4, -0.2) is 31.4 Å². The normalized spacial score (nSPS) is 11.3.